The molecule has 25 heavy (non-hydrogen) atoms. The summed E-state index contributed by atoms with van der Waals surface area (Å²) in [5.41, 5.74) is 6.74. The van der Waals surface area contributed by atoms with Crippen molar-refractivity contribution in [3.05, 3.63) is 66.2 Å². The van der Waals surface area contributed by atoms with E-state index in [2.05, 4.69) is 0 Å². The third-order valence-corrected chi connectivity index (χ3v) is 3.43. The maximum atomic E-state index is 12.9. The van der Waals surface area contributed by atoms with Gasteiger partial charge in [-0.05, 0) is 44.9 Å². The minimum absolute atomic E-state index is 0.339. The number of hydrogen-bond acceptors (Lipinski definition) is 4. The van der Waals surface area contributed by atoms with E-state index in [1.54, 1.807) is 45.0 Å². The van der Waals surface area contributed by atoms with Crippen molar-refractivity contribution < 1.29 is 14.3 Å². The molecule has 0 aliphatic carbocycles. The lowest BCUT2D eigenvalue weighted by Gasteiger charge is -2.28. The van der Waals surface area contributed by atoms with Gasteiger partial charge in [0.05, 0.1) is 11.7 Å². The monoisotopic (exact) mass is 340 g/mol. The minimum Gasteiger partial charge on any atom is -0.443 e. The van der Waals surface area contributed by atoms with Gasteiger partial charge in [0.15, 0.2) is 0 Å². The highest BCUT2D eigenvalue weighted by molar-refractivity contribution is 6.14. The molecule has 0 fully saturated rings. The molecule has 5 nitrogen and oxygen atoms in total. The second-order valence-electron chi connectivity index (χ2n) is 6.79. The van der Waals surface area contributed by atoms with Gasteiger partial charge in [-0.3, -0.25) is 4.79 Å². The molecule has 0 aliphatic rings. The fourth-order valence-electron chi connectivity index (χ4n) is 2.33. The van der Waals surface area contributed by atoms with E-state index in [4.69, 9.17) is 10.5 Å². The molecule has 5 heteroatoms. The zero-order valence-corrected chi connectivity index (χ0v) is 14.8. The summed E-state index contributed by atoms with van der Waals surface area (Å²) in [6, 6.07) is 17.3. The lowest BCUT2D eigenvalue weighted by molar-refractivity contribution is -0.119. The Hall–Kier alpha value is -2.66. The number of nitrogens with two attached hydrogens (primary N) is 1. The average molecular weight is 340 g/mol. The Morgan fingerprint density at radius 2 is 1.52 bits per heavy atom. The van der Waals surface area contributed by atoms with Crippen molar-refractivity contribution in [1.29, 1.82) is 0 Å². The normalized spacial score (nSPS) is 12.3. The lowest BCUT2D eigenvalue weighted by atomic mass is 10.1. The Morgan fingerprint density at radius 3 is 2.04 bits per heavy atom. The van der Waals surface area contributed by atoms with Crippen LogP contribution in [0.5, 0.6) is 0 Å². The third kappa shape index (κ3) is 5.43. The molecule has 0 radical (unpaired) electrons. The van der Waals surface area contributed by atoms with Crippen LogP contribution in [0.4, 0.5) is 10.5 Å². The molecular formula is C20H24N2O3. The number of hydrogen-bond donors (Lipinski definition) is 1. The molecule has 0 spiro atoms. The molecular weight excluding hydrogens is 316 g/mol. The van der Waals surface area contributed by atoms with Gasteiger partial charge in [0.2, 0.25) is 0 Å². The highest BCUT2D eigenvalue weighted by Gasteiger charge is 2.31. The fraction of sp³-hybridized carbons (Fsp3) is 0.300. The number of ether oxygens (including phenoxy) is 1. The van der Waals surface area contributed by atoms with E-state index in [9.17, 15) is 9.59 Å². The van der Waals surface area contributed by atoms with E-state index >= 15 is 0 Å². The summed E-state index contributed by atoms with van der Waals surface area (Å²) in [5, 5.41) is 0. The predicted molar refractivity (Wildman–Crippen MR) is 98.3 cm³/mol. The van der Waals surface area contributed by atoms with Crippen molar-refractivity contribution in [2.45, 2.75) is 38.8 Å². The molecule has 2 amide bonds. The topological polar surface area (TPSA) is 72.6 Å². The molecule has 0 saturated carbocycles. The molecule has 132 valence electrons. The fourth-order valence-corrected chi connectivity index (χ4v) is 2.33. The lowest BCUT2D eigenvalue weighted by Crippen LogP contribution is -2.49. The number of rotatable bonds is 4. The van der Waals surface area contributed by atoms with Crippen molar-refractivity contribution in [2.24, 2.45) is 5.73 Å². The van der Waals surface area contributed by atoms with Gasteiger partial charge < -0.3 is 10.5 Å². The maximum absolute atomic E-state index is 12.9. The van der Waals surface area contributed by atoms with Gasteiger partial charge in [0.1, 0.15) is 5.60 Å². The second kappa shape index (κ2) is 7.94. The first-order valence-corrected chi connectivity index (χ1v) is 8.19. The van der Waals surface area contributed by atoms with E-state index in [0.717, 1.165) is 10.5 Å². The van der Waals surface area contributed by atoms with Crippen LogP contribution in [0.1, 0.15) is 26.3 Å². The number of nitrogens with zero attached hydrogens (tertiary/aromatic N) is 1. The smallest absolute Gasteiger partial charge is 0.421 e. The first kappa shape index (κ1) is 18.7. The Balaban J connectivity index is 2.25. The van der Waals surface area contributed by atoms with Crippen LogP contribution in [-0.4, -0.2) is 23.6 Å². The number of para-hydroxylation sites is 1. The molecule has 2 N–H and O–H groups in total. The van der Waals surface area contributed by atoms with Gasteiger partial charge in [-0.2, -0.15) is 0 Å². The summed E-state index contributed by atoms with van der Waals surface area (Å²) < 4.78 is 5.39. The molecule has 2 aromatic rings. The maximum Gasteiger partial charge on any atom is 0.421 e. The van der Waals surface area contributed by atoms with E-state index < -0.39 is 23.6 Å². The Kier molecular flexibility index (Phi) is 5.93. The number of carbonyl (C=O) groups excluding carboxylic acids is 2. The van der Waals surface area contributed by atoms with Gasteiger partial charge in [0.25, 0.3) is 5.91 Å². The minimum atomic E-state index is -0.852. The zero-order valence-electron chi connectivity index (χ0n) is 14.8. The first-order chi connectivity index (χ1) is 11.8. The summed E-state index contributed by atoms with van der Waals surface area (Å²) in [6.45, 7) is 5.26. The van der Waals surface area contributed by atoms with Crippen LogP contribution in [0.25, 0.3) is 0 Å². The van der Waals surface area contributed by atoms with E-state index in [1.165, 1.54) is 0 Å². The number of carbonyl (C=O) groups is 2. The zero-order chi connectivity index (χ0) is 18.4. The molecule has 0 bridgehead atoms. The summed E-state index contributed by atoms with van der Waals surface area (Å²) in [5.74, 6) is -0.496. The number of anilines is 1. The van der Waals surface area contributed by atoms with Crippen LogP contribution in [0, 0.1) is 0 Å². The molecule has 1 atom stereocenters. The van der Waals surface area contributed by atoms with Crippen molar-refractivity contribution in [1.82, 2.24) is 0 Å². The van der Waals surface area contributed by atoms with Gasteiger partial charge in [-0.1, -0.05) is 48.5 Å². The van der Waals surface area contributed by atoms with Crippen LogP contribution in [0.3, 0.4) is 0 Å². The van der Waals surface area contributed by atoms with Crippen LogP contribution in [0.2, 0.25) is 0 Å². The Morgan fingerprint density at radius 1 is 1.00 bits per heavy atom. The summed E-state index contributed by atoms with van der Waals surface area (Å²) in [6.07, 6.45) is -0.390. The van der Waals surface area contributed by atoms with Crippen LogP contribution < -0.4 is 10.6 Å². The van der Waals surface area contributed by atoms with Gasteiger partial charge in [0, 0.05) is 0 Å². The Bertz CT molecular complexity index is 709. The van der Waals surface area contributed by atoms with Gasteiger partial charge in [-0.25, -0.2) is 9.69 Å². The van der Waals surface area contributed by atoms with Crippen LogP contribution >= 0.6 is 0 Å². The Labute approximate surface area is 148 Å². The van der Waals surface area contributed by atoms with Gasteiger partial charge >= 0.3 is 6.09 Å². The summed E-state index contributed by atoms with van der Waals surface area (Å²) >= 11 is 0. The SMILES string of the molecule is CC(C)(C)OC(=O)N(C(=O)C(N)Cc1ccccc1)c1ccccc1. The predicted octanol–water partition coefficient (Wildman–Crippen LogP) is 3.52. The highest BCUT2D eigenvalue weighted by atomic mass is 16.6. The molecule has 2 rings (SSSR count). The third-order valence-electron chi connectivity index (χ3n) is 3.43. The number of imide groups is 1. The molecule has 2 aromatic carbocycles. The second-order valence-corrected chi connectivity index (χ2v) is 6.79. The van der Waals surface area contributed by atoms with Crippen molar-refractivity contribution in [2.75, 3.05) is 4.90 Å². The summed E-state index contributed by atoms with van der Waals surface area (Å²) in [7, 11) is 0. The first-order valence-electron chi connectivity index (χ1n) is 8.19. The van der Waals surface area contributed by atoms with Crippen LogP contribution in [0.15, 0.2) is 60.7 Å². The highest BCUT2D eigenvalue weighted by Crippen LogP contribution is 2.19. The van der Waals surface area contributed by atoms with E-state index in [-0.39, 0.29) is 0 Å². The molecule has 0 aromatic heterocycles. The van der Waals surface area contributed by atoms with Gasteiger partial charge in [-0.15, -0.1) is 0 Å². The molecule has 0 heterocycles. The molecule has 0 saturated heterocycles. The van der Waals surface area contributed by atoms with Crippen molar-refractivity contribution >= 4 is 17.7 Å². The number of amides is 2. The van der Waals surface area contributed by atoms with Crippen molar-refractivity contribution in [3.8, 4) is 0 Å². The largest absolute Gasteiger partial charge is 0.443 e. The van der Waals surface area contributed by atoms with E-state index in [1.807, 2.05) is 36.4 Å². The number of benzene rings is 2. The van der Waals surface area contributed by atoms with E-state index in [0.29, 0.717) is 12.1 Å². The quantitative estimate of drug-likeness (QED) is 0.924. The van der Waals surface area contributed by atoms with Crippen LogP contribution in [-0.2, 0) is 16.0 Å². The standard InChI is InChI=1S/C20H24N2O3/c1-20(2,3)25-19(24)22(16-12-8-5-9-13-16)18(23)17(21)14-15-10-6-4-7-11-15/h4-13,17H,14,21H2,1-3H3. The molecule has 1 unspecified atom stereocenters. The van der Waals surface area contributed by atoms with Crippen molar-refractivity contribution in [3.63, 3.8) is 0 Å². The summed E-state index contributed by atoms with van der Waals surface area (Å²) in [4.78, 5) is 26.5. The molecule has 0 aliphatic heterocycles. The average Bonchev–Trinajstić information content (AvgIpc) is 2.55.